The highest BCUT2D eigenvalue weighted by Gasteiger charge is 2.37. The third kappa shape index (κ3) is 6.15. The van der Waals surface area contributed by atoms with Crippen LogP contribution in [0.1, 0.15) is 69.0 Å². The average Bonchev–Trinajstić information content (AvgIpc) is 3.38. The van der Waals surface area contributed by atoms with E-state index < -0.39 is 18.1 Å². The molecule has 2 aromatic carbocycles. The van der Waals surface area contributed by atoms with Crippen LogP contribution >= 0.6 is 0 Å². The van der Waals surface area contributed by atoms with Crippen molar-refractivity contribution in [2.24, 2.45) is 0 Å². The minimum absolute atomic E-state index is 0.0847. The normalized spacial score (nSPS) is 21.5. The second-order valence-corrected chi connectivity index (χ2v) is 12.5. The minimum atomic E-state index is -2.47. The van der Waals surface area contributed by atoms with Crippen LogP contribution in [-0.2, 0) is 15.9 Å². The molecular weight excluding hydrogens is 558 g/mol. The van der Waals surface area contributed by atoms with Crippen LogP contribution in [0.5, 0.6) is 11.5 Å². The quantitative estimate of drug-likeness (QED) is 0.332. The molecule has 3 aliphatic rings. The molecule has 43 heavy (non-hydrogen) atoms. The van der Waals surface area contributed by atoms with Gasteiger partial charge in [0.05, 0.1) is 44.5 Å². The summed E-state index contributed by atoms with van der Waals surface area (Å²) in [5, 5.41) is 5.73. The molecule has 9 nitrogen and oxygen atoms in total. The molecule has 1 aromatic heterocycles. The van der Waals surface area contributed by atoms with Gasteiger partial charge in [-0.25, -0.2) is 18.3 Å². The third-order valence-electron chi connectivity index (χ3n) is 8.34. The summed E-state index contributed by atoms with van der Waals surface area (Å²) >= 11 is 0. The number of amides is 1. The Bertz CT molecular complexity index is 1460. The smallest absolute Gasteiger partial charge is 0.410 e. The first kappa shape index (κ1) is 29.6. The van der Waals surface area contributed by atoms with Crippen molar-refractivity contribution in [3.8, 4) is 11.5 Å². The number of nitrogens with zero attached hydrogens (tertiary/aromatic N) is 4. The van der Waals surface area contributed by atoms with Crippen LogP contribution in [0.15, 0.2) is 36.5 Å². The molecule has 0 N–H and O–H groups in total. The number of hydrogen-bond acceptors (Lipinski definition) is 7. The lowest BCUT2D eigenvalue weighted by Gasteiger charge is -2.40. The molecule has 2 fully saturated rings. The first-order chi connectivity index (χ1) is 20.6. The van der Waals surface area contributed by atoms with Gasteiger partial charge in [0.15, 0.2) is 6.23 Å². The average molecular weight is 599 g/mol. The van der Waals surface area contributed by atoms with Crippen LogP contribution in [0.25, 0.3) is 10.9 Å². The predicted octanol–water partition coefficient (Wildman–Crippen LogP) is 5.95. The summed E-state index contributed by atoms with van der Waals surface area (Å²) in [6, 6.07) is 9.21. The van der Waals surface area contributed by atoms with Crippen LogP contribution in [0, 0.1) is 0 Å². The Hall–Kier alpha value is -3.44. The van der Waals surface area contributed by atoms with Crippen LogP contribution in [-0.4, -0.2) is 83.7 Å². The van der Waals surface area contributed by atoms with Gasteiger partial charge in [-0.05, 0) is 75.8 Å². The Morgan fingerprint density at radius 1 is 1.14 bits per heavy atom. The Balaban J connectivity index is 1.27. The molecule has 2 saturated heterocycles. The lowest BCUT2D eigenvalue weighted by atomic mass is 9.86. The van der Waals surface area contributed by atoms with Gasteiger partial charge < -0.3 is 23.8 Å². The summed E-state index contributed by atoms with van der Waals surface area (Å²) in [5.74, 6) is 1.15. The Morgan fingerprint density at radius 2 is 1.93 bits per heavy atom. The molecule has 232 valence electrons. The van der Waals surface area contributed by atoms with Crippen LogP contribution < -0.4 is 9.47 Å². The number of likely N-dealkylation sites (tertiary alicyclic amines) is 1. The van der Waals surface area contributed by atoms with Crippen LogP contribution in [0.4, 0.5) is 13.6 Å². The van der Waals surface area contributed by atoms with Gasteiger partial charge in [-0.2, -0.15) is 5.10 Å². The van der Waals surface area contributed by atoms with Gasteiger partial charge in [-0.15, -0.1) is 0 Å². The maximum absolute atomic E-state index is 13.8. The van der Waals surface area contributed by atoms with Crippen molar-refractivity contribution in [3.63, 3.8) is 0 Å². The molecule has 2 unspecified atom stereocenters. The number of alkyl halides is 2. The van der Waals surface area contributed by atoms with Crippen molar-refractivity contribution in [3.05, 3.63) is 53.2 Å². The molecule has 0 spiro atoms. The standard InChI is InChI=1S/C32H40F2N4O5/c1-32(2,3)43-31(39)37-17-21(18-37)42-20-8-9-24(27(15-20)40-4)30-23-10-11-26-25(22(23)12-13-36(30)19-28(33)34)16-35-38(26)29-7-5-6-14-41-29/h8-11,15-16,21,28-30H,5-7,12-14,17-19H2,1-4H3. The first-order valence-electron chi connectivity index (χ1n) is 15.1. The molecule has 6 rings (SSSR count). The summed E-state index contributed by atoms with van der Waals surface area (Å²) in [4.78, 5) is 15.7. The molecular formula is C32H40F2N4O5. The predicted molar refractivity (Wildman–Crippen MR) is 157 cm³/mol. The maximum Gasteiger partial charge on any atom is 0.410 e. The van der Waals surface area contributed by atoms with Crippen molar-refractivity contribution < 1.29 is 32.5 Å². The summed E-state index contributed by atoms with van der Waals surface area (Å²) in [6.45, 7) is 7.21. The van der Waals surface area contributed by atoms with Gasteiger partial charge >= 0.3 is 6.09 Å². The van der Waals surface area contributed by atoms with E-state index >= 15 is 0 Å². The summed E-state index contributed by atoms with van der Waals surface area (Å²) < 4.78 is 53.0. The number of ether oxygens (including phenoxy) is 4. The van der Waals surface area contributed by atoms with E-state index in [1.54, 1.807) is 18.1 Å². The van der Waals surface area contributed by atoms with Gasteiger partial charge in [-0.3, -0.25) is 4.90 Å². The fourth-order valence-corrected chi connectivity index (χ4v) is 6.37. The topological polar surface area (TPSA) is 78.3 Å². The largest absolute Gasteiger partial charge is 0.496 e. The molecule has 4 heterocycles. The Morgan fingerprint density at radius 3 is 2.63 bits per heavy atom. The molecule has 0 saturated carbocycles. The highest BCUT2D eigenvalue weighted by atomic mass is 19.3. The second kappa shape index (κ2) is 11.9. The molecule has 11 heteroatoms. The van der Waals surface area contributed by atoms with E-state index in [1.165, 1.54) is 0 Å². The molecule has 3 aliphatic heterocycles. The zero-order chi connectivity index (χ0) is 30.3. The van der Waals surface area contributed by atoms with Crippen molar-refractivity contribution in [2.45, 2.75) is 76.9 Å². The van der Waals surface area contributed by atoms with E-state index in [4.69, 9.17) is 24.0 Å². The number of carbonyl (C=O) groups excluding carboxylic acids is 1. The number of rotatable bonds is 7. The Kier molecular flexibility index (Phi) is 8.21. The molecule has 3 aromatic rings. The van der Waals surface area contributed by atoms with Crippen molar-refractivity contribution in [1.82, 2.24) is 19.6 Å². The highest BCUT2D eigenvalue weighted by Crippen LogP contribution is 2.43. The highest BCUT2D eigenvalue weighted by molar-refractivity contribution is 5.84. The number of hydrogen-bond donors (Lipinski definition) is 0. The summed E-state index contributed by atoms with van der Waals surface area (Å²) in [5.41, 5.74) is 3.33. The molecule has 0 radical (unpaired) electrons. The zero-order valence-electron chi connectivity index (χ0n) is 25.2. The van der Waals surface area contributed by atoms with Crippen molar-refractivity contribution in [1.29, 1.82) is 0 Å². The van der Waals surface area contributed by atoms with E-state index in [9.17, 15) is 13.6 Å². The van der Waals surface area contributed by atoms with Gasteiger partial charge in [0, 0.05) is 30.2 Å². The van der Waals surface area contributed by atoms with E-state index in [1.807, 2.05) is 60.8 Å². The van der Waals surface area contributed by atoms with Gasteiger partial charge in [0.25, 0.3) is 6.43 Å². The lowest BCUT2D eigenvalue weighted by Crippen LogP contribution is -2.57. The van der Waals surface area contributed by atoms with E-state index in [0.29, 0.717) is 37.6 Å². The number of methoxy groups -OCH3 is 1. The minimum Gasteiger partial charge on any atom is -0.496 e. The molecule has 0 aliphatic carbocycles. The van der Waals surface area contributed by atoms with E-state index in [2.05, 4.69) is 0 Å². The fraction of sp³-hybridized carbons (Fsp3) is 0.562. The zero-order valence-corrected chi connectivity index (χ0v) is 25.2. The van der Waals surface area contributed by atoms with E-state index in [-0.39, 0.29) is 25.0 Å². The lowest BCUT2D eigenvalue weighted by molar-refractivity contribution is -0.0366. The SMILES string of the molecule is COc1cc(OC2CN(C(=O)OC(C)(C)C)C2)ccc1C1c2ccc3c(cnn3C3CCCCO3)c2CCN1CC(F)F. The number of fused-ring (bicyclic) bond motifs is 3. The number of carbonyl (C=O) groups is 1. The second-order valence-electron chi connectivity index (χ2n) is 12.5. The maximum atomic E-state index is 13.8. The summed E-state index contributed by atoms with van der Waals surface area (Å²) in [6.07, 6.45) is 2.52. The van der Waals surface area contributed by atoms with Crippen LogP contribution in [0.3, 0.4) is 0 Å². The number of halogens is 2. The van der Waals surface area contributed by atoms with Gasteiger partial charge in [0.1, 0.15) is 23.2 Å². The van der Waals surface area contributed by atoms with Gasteiger partial charge in [0.2, 0.25) is 0 Å². The fourth-order valence-electron chi connectivity index (χ4n) is 6.37. The monoisotopic (exact) mass is 598 g/mol. The van der Waals surface area contributed by atoms with Gasteiger partial charge in [-0.1, -0.05) is 6.07 Å². The van der Waals surface area contributed by atoms with E-state index in [0.717, 1.165) is 53.5 Å². The Labute approximate surface area is 250 Å². The molecule has 1 amide bonds. The first-order valence-corrected chi connectivity index (χ1v) is 15.1. The van der Waals surface area contributed by atoms with Crippen molar-refractivity contribution in [2.75, 3.05) is 39.9 Å². The summed E-state index contributed by atoms with van der Waals surface area (Å²) in [7, 11) is 1.58. The number of benzene rings is 2. The molecule has 0 bridgehead atoms. The van der Waals surface area contributed by atoms with Crippen molar-refractivity contribution >= 4 is 17.0 Å². The third-order valence-corrected chi connectivity index (χ3v) is 8.34. The van der Waals surface area contributed by atoms with Crippen LogP contribution in [0.2, 0.25) is 0 Å². The number of aromatic nitrogens is 2. The molecule has 2 atom stereocenters.